The lowest BCUT2D eigenvalue weighted by Gasteiger charge is -2.35. The molecule has 5 heteroatoms. The zero-order valence-electron chi connectivity index (χ0n) is 6.82. The van der Waals surface area contributed by atoms with Crippen molar-refractivity contribution in [3.05, 3.63) is 0 Å². The number of amides is 1. The summed E-state index contributed by atoms with van der Waals surface area (Å²) >= 11 is 0. The van der Waals surface area contributed by atoms with Crippen molar-refractivity contribution in [1.82, 2.24) is 4.90 Å². The van der Waals surface area contributed by atoms with E-state index in [1.165, 1.54) is 4.90 Å². The van der Waals surface area contributed by atoms with E-state index in [-0.39, 0.29) is 5.91 Å². The van der Waals surface area contributed by atoms with Crippen LogP contribution in [-0.2, 0) is 14.3 Å². The van der Waals surface area contributed by atoms with Gasteiger partial charge in [-0.15, -0.1) is 0 Å². The molecule has 0 aliphatic carbocycles. The number of hydrogen-bond acceptors (Lipinski definition) is 3. The lowest BCUT2D eigenvalue weighted by molar-refractivity contribution is -0.162. The van der Waals surface area contributed by atoms with Gasteiger partial charge in [0.1, 0.15) is 0 Å². The first-order valence-electron chi connectivity index (χ1n) is 3.67. The molecular weight excluding hydrogens is 162 g/mol. The minimum absolute atomic E-state index is 0.306. The first kappa shape index (κ1) is 8.99. The number of ether oxygens (including phenoxy) is 1. The zero-order chi connectivity index (χ0) is 9.14. The Kier molecular flexibility index (Phi) is 2.65. The topological polar surface area (TPSA) is 66.8 Å². The van der Waals surface area contributed by atoms with Gasteiger partial charge in [0.2, 0.25) is 5.91 Å². The predicted molar refractivity (Wildman–Crippen MR) is 39.6 cm³/mol. The maximum absolute atomic E-state index is 11.0. The summed E-state index contributed by atoms with van der Waals surface area (Å²) in [5.41, 5.74) is 0. The quantitative estimate of drug-likeness (QED) is 0.445. The van der Waals surface area contributed by atoms with Crippen molar-refractivity contribution in [3.63, 3.8) is 0 Å². The highest BCUT2D eigenvalue weighted by molar-refractivity contribution is 6.01. The largest absolute Gasteiger partial charge is 0.481 e. The summed E-state index contributed by atoms with van der Waals surface area (Å²) in [5.74, 6) is -2.16. The van der Waals surface area contributed by atoms with E-state index >= 15 is 0 Å². The molecule has 0 aromatic carbocycles. The number of aliphatic carboxylic acids is 1. The van der Waals surface area contributed by atoms with Gasteiger partial charge in [0.15, 0.2) is 5.92 Å². The maximum Gasteiger partial charge on any atom is 0.317 e. The van der Waals surface area contributed by atoms with E-state index < -0.39 is 11.9 Å². The highest BCUT2D eigenvalue weighted by Crippen LogP contribution is 2.16. The number of hydrogen-bond donors (Lipinski definition) is 1. The molecular formula is C7H11NO4. The monoisotopic (exact) mass is 173 g/mol. The molecule has 1 heterocycles. The molecule has 1 aliphatic heterocycles. The molecule has 1 amide bonds. The molecule has 0 aromatic heterocycles. The third kappa shape index (κ3) is 1.55. The Morgan fingerprint density at radius 1 is 1.83 bits per heavy atom. The second-order valence-corrected chi connectivity index (χ2v) is 2.67. The number of nitrogens with zero attached hydrogens (tertiary/aromatic N) is 1. The van der Waals surface area contributed by atoms with Crippen LogP contribution in [0.1, 0.15) is 0 Å². The van der Waals surface area contributed by atoms with Crippen LogP contribution in [0.25, 0.3) is 0 Å². The summed E-state index contributed by atoms with van der Waals surface area (Å²) in [5, 5.41) is 8.47. The maximum atomic E-state index is 11.0. The van der Waals surface area contributed by atoms with E-state index in [2.05, 4.69) is 0 Å². The standard InChI is InChI=1S/C7H11NO4/c1-12-3-2-8-4-5(6(8)9)7(10)11/h5H,2-4H2,1H3,(H,10,11). The van der Waals surface area contributed by atoms with Crippen molar-refractivity contribution in [2.24, 2.45) is 5.92 Å². The van der Waals surface area contributed by atoms with Gasteiger partial charge in [-0.2, -0.15) is 0 Å². The molecule has 1 rings (SSSR count). The average Bonchev–Trinajstić information content (AvgIpc) is 2.01. The van der Waals surface area contributed by atoms with E-state index in [9.17, 15) is 9.59 Å². The normalized spacial score (nSPS) is 22.2. The Hall–Kier alpha value is -1.10. The molecule has 0 saturated carbocycles. The third-order valence-corrected chi connectivity index (χ3v) is 1.88. The summed E-state index contributed by atoms with van der Waals surface area (Å²) < 4.78 is 4.75. The van der Waals surface area contributed by atoms with Crippen LogP contribution in [-0.4, -0.2) is 48.7 Å². The Balaban J connectivity index is 2.29. The van der Waals surface area contributed by atoms with Gasteiger partial charge in [0, 0.05) is 20.2 Å². The molecule has 1 N–H and O–H groups in total. The lowest BCUT2D eigenvalue weighted by atomic mass is 9.99. The lowest BCUT2D eigenvalue weighted by Crippen LogP contribution is -2.56. The van der Waals surface area contributed by atoms with E-state index in [0.29, 0.717) is 19.7 Å². The number of carboxylic acid groups (broad SMARTS) is 1. The van der Waals surface area contributed by atoms with Crippen LogP contribution < -0.4 is 0 Å². The summed E-state index contributed by atoms with van der Waals surface area (Å²) in [6.45, 7) is 1.26. The summed E-state index contributed by atoms with van der Waals surface area (Å²) in [6.07, 6.45) is 0. The fourth-order valence-electron chi connectivity index (χ4n) is 1.08. The second-order valence-electron chi connectivity index (χ2n) is 2.67. The van der Waals surface area contributed by atoms with Gasteiger partial charge < -0.3 is 14.7 Å². The molecule has 68 valence electrons. The van der Waals surface area contributed by atoms with Gasteiger partial charge in [-0.05, 0) is 0 Å². The van der Waals surface area contributed by atoms with Crippen molar-refractivity contribution in [2.75, 3.05) is 26.8 Å². The van der Waals surface area contributed by atoms with Crippen LogP contribution in [0.2, 0.25) is 0 Å². The van der Waals surface area contributed by atoms with E-state index in [1.807, 2.05) is 0 Å². The third-order valence-electron chi connectivity index (χ3n) is 1.88. The number of likely N-dealkylation sites (tertiary alicyclic amines) is 1. The van der Waals surface area contributed by atoms with Crippen molar-refractivity contribution >= 4 is 11.9 Å². The van der Waals surface area contributed by atoms with Gasteiger partial charge in [0.05, 0.1) is 6.61 Å². The van der Waals surface area contributed by atoms with Gasteiger partial charge in [-0.1, -0.05) is 0 Å². The Bertz CT molecular complexity index is 204. The molecule has 0 spiro atoms. The van der Waals surface area contributed by atoms with Gasteiger partial charge in [-0.3, -0.25) is 9.59 Å². The van der Waals surface area contributed by atoms with Crippen molar-refractivity contribution in [3.8, 4) is 0 Å². The van der Waals surface area contributed by atoms with Crippen LogP contribution in [0.5, 0.6) is 0 Å². The number of methoxy groups -OCH3 is 1. The SMILES string of the molecule is COCCN1CC(C(=O)O)C1=O. The fraction of sp³-hybridized carbons (Fsp3) is 0.714. The first-order chi connectivity index (χ1) is 5.66. The van der Waals surface area contributed by atoms with E-state index in [0.717, 1.165) is 0 Å². The Morgan fingerprint density at radius 3 is 2.92 bits per heavy atom. The van der Waals surface area contributed by atoms with Crippen molar-refractivity contribution < 1.29 is 19.4 Å². The summed E-state index contributed by atoms with van der Waals surface area (Å²) in [7, 11) is 1.54. The highest BCUT2D eigenvalue weighted by atomic mass is 16.5. The van der Waals surface area contributed by atoms with Crippen molar-refractivity contribution in [1.29, 1.82) is 0 Å². The second kappa shape index (κ2) is 3.53. The first-order valence-corrected chi connectivity index (χ1v) is 3.67. The molecule has 1 atom stereocenters. The average molecular weight is 173 g/mol. The summed E-state index contributed by atoms with van der Waals surface area (Å²) in [6, 6.07) is 0. The smallest absolute Gasteiger partial charge is 0.317 e. The number of rotatable bonds is 4. The fourth-order valence-corrected chi connectivity index (χ4v) is 1.08. The zero-order valence-corrected chi connectivity index (χ0v) is 6.82. The van der Waals surface area contributed by atoms with E-state index in [1.54, 1.807) is 7.11 Å². The Labute approximate surface area is 69.9 Å². The molecule has 12 heavy (non-hydrogen) atoms. The van der Waals surface area contributed by atoms with Gasteiger partial charge in [-0.25, -0.2) is 0 Å². The number of carbonyl (C=O) groups excluding carboxylic acids is 1. The van der Waals surface area contributed by atoms with Crippen molar-refractivity contribution in [2.45, 2.75) is 0 Å². The van der Waals surface area contributed by atoms with Crippen LogP contribution in [0, 0.1) is 5.92 Å². The minimum Gasteiger partial charge on any atom is -0.481 e. The molecule has 1 saturated heterocycles. The van der Waals surface area contributed by atoms with Crippen LogP contribution in [0.4, 0.5) is 0 Å². The number of carboxylic acids is 1. The highest BCUT2D eigenvalue weighted by Gasteiger charge is 2.41. The van der Waals surface area contributed by atoms with Crippen LogP contribution in [0.15, 0.2) is 0 Å². The predicted octanol–water partition coefficient (Wildman–Crippen LogP) is -0.824. The summed E-state index contributed by atoms with van der Waals surface area (Å²) in [4.78, 5) is 22.8. The van der Waals surface area contributed by atoms with Gasteiger partial charge in [0.25, 0.3) is 0 Å². The van der Waals surface area contributed by atoms with Gasteiger partial charge >= 0.3 is 5.97 Å². The van der Waals surface area contributed by atoms with E-state index in [4.69, 9.17) is 9.84 Å². The molecule has 5 nitrogen and oxygen atoms in total. The molecule has 1 fully saturated rings. The van der Waals surface area contributed by atoms with Crippen LogP contribution in [0.3, 0.4) is 0 Å². The number of β-lactam (4-membered cyclic amide) rings is 1. The molecule has 0 aromatic rings. The number of carbonyl (C=O) groups is 2. The molecule has 1 unspecified atom stereocenters. The molecule has 0 radical (unpaired) electrons. The molecule has 0 bridgehead atoms. The Morgan fingerprint density at radius 2 is 2.50 bits per heavy atom. The molecule has 1 aliphatic rings. The van der Waals surface area contributed by atoms with Crippen LogP contribution >= 0.6 is 0 Å². The minimum atomic E-state index is -1.03.